The molecule has 0 spiro atoms. The number of amides is 1. The van der Waals surface area contributed by atoms with E-state index < -0.39 is 0 Å². The summed E-state index contributed by atoms with van der Waals surface area (Å²) in [6, 6.07) is 6.14. The van der Waals surface area contributed by atoms with Crippen LogP contribution >= 0.6 is 0 Å². The first-order chi connectivity index (χ1) is 9.15. The highest BCUT2D eigenvalue weighted by Crippen LogP contribution is 2.29. The van der Waals surface area contributed by atoms with Gasteiger partial charge in [-0.1, -0.05) is 0 Å². The molecule has 1 aromatic heterocycles. The van der Waals surface area contributed by atoms with Gasteiger partial charge in [0.2, 0.25) is 0 Å². The number of aryl methyl sites for hydroxylation is 2. The number of aromatic amines is 1. The maximum atomic E-state index is 12.1. The molecule has 1 amide bonds. The molecule has 1 aliphatic rings. The summed E-state index contributed by atoms with van der Waals surface area (Å²) in [7, 11) is 0. The summed E-state index contributed by atoms with van der Waals surface area (Å²) in [5.74, 6) is 0.0164. The van der Waals surface area contributed by atoms with Gasteiger partial charge in [-0.05, 0) is 63.3 Å². The summed E-state index contributed by atoms with van der Waals surface area (Å²) >= 11 is 0. The molecule has 1 aromatic carbocycles. The van der Waals surface area contributed by atoms with Gasteiger partial charge in [-0.3, -0.25) is 4.79 Å². The van der Waals surface area contributed by atoms with E-state index in [2.05, 4.69) is 10.3 Å². The van der Waals surface area contributed by atoms with Crippen LogP contribution in [0.5, 0.6) is 0 Å². The molecule has 1 aliphatic carbocycles. The summed E-state index contributed by atoms with van der Waals surface area (Å²) in [4.78, 5) is 15.6. The van der Waals surface area contributed by atoms with Crippen LogP contribution in [0.3, 0.4) is 0 Å². The Morgan fingerprint density at radius 3 is 2.84 bits per heavy atom. The van der Waals surface area contributed by atoms with Crippen molar-refractivity contribution in [2.24, 2.45) is 0 Å². The fraction of sp³-hybridized carbons (Fsp3) is 0.438. The third kappa shape index (κ3) is 2.25. The maximum absolute atomic E-state index is 12.1. The molecule has 0 saturated heterocycles. The first-order valence-corrected chi connectivity index (χ1v) is 7.09. The number of H-pyrrole nitrogens is 1. The van der Waals surface area contributed by atoms with E-state index in [9.17, 15) is 4.79 Å². The van der Waals surface area contributed by atoms with E-state index in [1.165, 1.54) is 29.5 Å². The average molecular weight is 256 g/mol. The molecule has 0 bridgehead atoms. The molecule has 0 unspecified atom stereocenters. The van der Waals surface area contributed by atoms with Gasteiger partial charge in [0.05, 0.1) is 0 Å². The lowest BCUT2D eigenvalue weighted by Gasteiger charge is -2.11. The van der Waals surface area contributed by atoms with Gasteiger partial charge >= 0.3 is 0 Å². The highest BCUT2D eigenvalue weighted by atomic mass is 16.1. The lowest BCUT2D eigenvalue weighted by Crippen LogP contribution is -2.29. The highest BCUT2D eigenvalue weighted by Gasteiger charge is 2.16. The third-order valence-corrected chi connectivity index (χ3v) is 3.78. The SMILES string of the molecule is CC(C)NC(=O)c1ccc2[nH]c3c(c2c1)CCCC3. The number of fused-ring (bicyclic) bond motifs is 3. The Bertz CT molecular complexity index is 625. The van der Waals surface area contributed by atoms with Crippen molar-refractivity contribution in [3.8, 4) is 0 Å². The molecule has 100 valence electrons. The zero-order chi connectivity index (χ0) is 13.4. The topological polar surface area (TPSA) is 44.9 Å². The molecular formula is C16H20N2O. The minimum Gasteiger partial charge on any atom is -0.358 e. The lowest BCUT2D eigenvalue weighted by molar-refractivity contribution is 0.0943. The number of hydrogen-bond acceptors (Lipinski definition) is 1. The molecule has 2 aromatic rings. The van der Waals surface area contributed by atoms with Gasteiger partial charge in [-0.15, -0.1) is 0 Å². The third-order valence-electron chi connectivity index (χ3n) is 3.78. The maximum Gasteiger partial charge on any atom is 0.251 e. The fourth-order valence-electron chi connectivity index (χ4n) is 2.89. The van der Waals surface area contributed by atoms with E-state index in [4.69, 9.17) is 0 Å². The molecule has 3 rings (SSSR count). The van der Waals surface area contributed by atoms with E-state index in [1.54, 1.807) is 0 Å². The van der Waals surface area contributed by atoms with Crippen molar-refractivity contribution in [2.75, 3.05) is 0 Å². The number of rotatable bonds is 2. The van der Waals surface area contributed by atoms with Crippen LogP contribution in [0.2, 0.25) is 0 Å². The average Bonchev–Trinajstić information content (AvgIpc) is 2.75. The number of aromatic nitrogens is 1. The first kappa shape index (κ1) is 12.3. The van der Waals surface area contributed by atoms with Crippen LogP contribution in [-0.4, -0.2) is 16.9 Å². The summed E-state index contributed by atoms with van der Waals surface area (Å²) in [5.41, 5.74) is 4.70. The Hall–Kier alpha value is -1.77. The van der Waals surface area contributed by atoms with Gasteiger partial charge in [0.15, 0.2) is 0 Å². The van der Waals surface area contributed by atoms with Gasteiger partial charge in [0.25, 0.3) is 5.91 Å². The van der Waals surface area contributed by atoms with Crippen LogP contribution < -0.4 is 5.32 Å². The van der Waals surface area contributed by atoms with E-state index in [1.807, 2.05) is 32.0 Å². The summed E-state index contributed by atoms with van der Waals surface area (Å²) in [6.45, 7) is 3.96. The van der Waals surface area contributed by atoms with Crippen LogP contribution in [-0.2, 0) is 12.8 Å². The number of carbonyl (C=O) groups excluding carboxylic acids is 1. The molecule has 3 nitrogen and oxygen atoms in total. The quantitative estimate of drug-likeness (QED) is 0.851. The van der Waals surface area contributed by atoms with Crippen molar-refractivity contribution >= 4 is 16.8 Å². The van der Waals surface area contributed by atoms with Crippen LogP contribution in [0.15, 0.2) is 18.2 Å². The second kappa shape index (κ2) is 4.72. The van der Waals surface area contributed by atoms with Gasteiger partial charge in [-0.2, -0.15) is 0 Å². The van der Waals surface area contributed by atoms with Gasteiger partial charge in [0, 0.05) is 28.2 Å². The molecule has 3 heteroatoms. The smallest absolute Gasteiger partial charge is 0.251 e. The monoisotopic (exact) mass is 256 g/mol. The predicted octanol–water partition coefficient (Wildman–Crippen LogP) is 3.18. The molecule has 2 N–H and O–H groups in total. The molecular weight excluding hydrogens is 236 g/mol. The van der Waals surface area contributed by atoms with E-state index in [-0.39, 0.29) is 11.9 Å². The minimum absolute atomic E-state index is 0.0164. The van der Waals surface area contributed by atoms with E-state index >= 15 is 0 Å². The molecule has 0 radical (unpaired) electrons. The Labute approximate surface area is 113 Å². The number of carbonyl (C=O) groups is 1. The van der Waals surface area contributed by atoms with Gasteiger partial charge in [0.1, 0.15) is 0 Å². The van der Waals surface area contributed by atoms with Crippen molar-refractivity contribution < 1.29 is 4.79 Å². The van der Waals surface area contributed by atoms with Crippen LogP contribution in [0.25, 0.3) is 10.9 Å². The molecule has 1 heterocycles. The summed E-state index contributed by atoms with van der Waals surface area (Å²) in [5, 5.41) is 4.17. The predicted molar refractivity (Wildman–Crippen MR) is 77.5 cm³/mol. The summed E-state index contributed by atoms with van der Waals surface area (Å²) in [6.07, 6.45) is 4.78. The Morgan fingerprint density at radius 1 is 1.26 bits per heavy atom. The number of nitrogens with one attached hydrogen (secondary N) is 2. The van der Waals surface area contributed by atoms with Gasteiger partial charge < -0.3 is 10.3 Å². The highest BCUT2D eigenvalue weighted by molar-refractivity contribution is 5.99. The first-order valence-electron chi connectivity index (χ1n) is 7.09. The number of benzene rings is 1. The van der Waals surface area contributed by atoms with Gasteiger partial charge in [-0.25, -0.2) is 0 Å². The zero-order valence-corrected chi connectivity index (χ0v) is 11.5. The Kier molecular flexibility index (Phi) is 3.05. The second-order valence-electron chi connectivity index (χ2n) is 5.68. The Morgan fingerprint density at radius 2 is 2.05 bits per heavy atom. The molecule has 0 fully saturated rings. The second-order valence-corrected chi connectivity index (χ2v) is 5.68. The normalized spacial score (nSPS) is 14.7. The van der Waals surface area contributed by atoms with Crippen molar-refractivity contribution in [3.05, 3.63) is 35.0 Å². The number of hydrogen-bond donors (Lipinski definition) is 2. The molecule has 0 atom stereocenters. The molecule has 19 heavy (non-hydrogen) atoms. The largest absolute Gasteiger partial charge is 0.358 e. The van der Waals surface area contributed by atoms with Crippen LogP contribution in [0, 0.1) is 0 Å². The van der Waals surface area contributed by atoms with Crippen LogP contribution in [0.1, 0.15) is 48.3 Å². The fourth-order valence-corrected chi connectivity index (χ4v) is 2.89. The standard InChI is InChI=1S/C16H20N2O/c1-10(2)17-16(19)11-7-8-15-13(9-11)12-5-3-4-6-14(12)18-15/h7-10,18H,3-6H2,1-2H3,(H,17,19). The van der Waals surface area contributed by atoms with Crippen molar-refractivity contribution in [1.82, 2.24) is 10.3 Å². The molecule has 0 aliphatic heterocycles. The lowest BCUT2D eigenvalue weighted by atomic mass is 9.95. The van der Waals surface area contributed by atoms with Crippen molar-refractivity contribution in [1.29, 1.82) is 0 Å². The van der Waals surface area contributed by atoms with E-state index in [0.717, 1.165) is 23.9 Å². The van der Waals surface area contributed by atoms with Crippen LogP contribution in [0.4, 0.5) is 0 Å². The Balaban J connectivity index is 2.02. The summed E-state index contributed by atoms with van der Waals surface area (Å²) < 4.78 is 0. The van der Waals surface area contributed by atoms with E-state index in [0.29, 0.717) is 0 Å². The molecule has 0 saturated carbocycles. The van der Waals surface area contributed by atoms with Crippen molar-refractivity contribution in [2.45, 2.75) is 45.6 Å². The zero-order valence-electron chi connectivity index (χ0n) is 11.5. The van der Waals surface area contributed by atoms with Crippen molar-refractivity contribution in [3.63, 3.8) is 0 Å². The minimum atomic E-state index is 0.0164.